The molecule has 1 amide bonds. The average Bonchev–Trinajstić information content (AvgIpc) is 2.83. The number of carbonyl (C=O) groups is 1. The molecule has 0 saturated heterocycles. The summed E-state index contributed by atoms with van der Waals surface area (Å²) >= 11 is 3.41. The molecule has 178 valence electrons. The minimum absolute atomic E-state index is 0.0426. The lowest BCUT2D eigenvalue weighted by molar-refractivity contribution is -0.384. The topological polar surface area (TPSA) is 114 Å². The minimum atomic E-state index is -0.561. The average molecular weight is 540 g/mol. The number of benzene rings is 3. The first-order valence-corrected chi connectivity index (χ1v) is 11.1. The third-order valence-corrected chi connectivity index (χ3v) is 5.24. The van der Waals surface area contributed by atoms with E-state index >= 15 is 0 Å². The van der Waals surface area contributed by atoms with Crippen LogP contribution in [0.4, 0.5) is 15.8 Å². The van der Waals surface area contributed by atoms with Gasteiger partial charge in [-0.2, -0.15) is 5.26 Å². The van der Waals surface area contributed by atoms with Gasteiger partial charge in [0.25, 0.3) is 11.6 Å². The van der Waals surface area contributed by atoms with E-state index in [0.717, 1.165) is 0 Å². The molecular formula is C25H19BrFN3O5. The van der Waals surface area contributed by atoms with Crippen molar-refractivity contribution in [2.75, 3.05) is 18.5 Å². The maximum Gasteiger partial charge on any atom is 0.269 e. The number of hydrogen-bond donors (Lipinski definition) is 1. The van der Waals surface area contributed by atoms with E-state index in [2.05, 4.69) is 27.3 Å². The highest BCUT2D eigenvalue weighted by atomic mass is 79.9. The summed E-state index contributed by atoms with van der Waals surface area (Å²) < 4.78 is 25.5. The Morgan fingerprint density at radius 3 is 2.54 bits per heavy atom. The molecule has 35 heavy (non-hydrogen) atoms. The van der Waals surface area contributed by atoms with Gasteiger partial charge in [-0.3, -0.25) is 14.9 Å². The number of amides is 1. The molecule has 0 unspecified atom stereocenters. The second-order valence-corrected chi connectivity index (χ2v) is 7.91. The second kappa shape index (κ2) is 11.8. The van der Waals surface area contributed by atoms with Crippen molar-refractivity contribution in [1.29, 1.82) is 5.26 Å². The Morgan fingerprint density at radius 1 is 1.20 bits per heavy atom. The smallest absolute Gasteiger partial charge is 0.269 e. The zero-order chi connectivity index (χ0) is 25.4. The summed E-state index contributed by atoms with van der Waals surface area (Å²) in [5, 5.41) is 22.9. The van der Waals surface area contributed by atoms with Crippen molar-refractivity contribution in [3.63, 3.8) is 0 Å². The molecule has 1 N–H and O–H groups in total. The van der Waals surface area contributed by atoms with Gasteiger partial charge in [0, 0.05) is 12.1 Å². The van der Waals surface area contributed by atoms with Crippen LogP contribution in [0.1, 0.15) is 18.1 Å². The van der Waals surface area contributed by atoms with Gasteiger partial charge >= 0.3 is 0 Å². The Bertz CT molecular complexity index is 1320. The maximum absolute atomic E-state index is 13.8. The molecule has 0 aliphatic rings. The molecular weight excluding hydrogens is 521 g/mol. The van der Waals surface area contributed by atoms with E-state index < -0.39 is 23.3 Å². The van der Waals surface area contributed by atoms with E-state index in [1.165, 1.54) is 42.5 Å². The summed E-state index contributed by atoms with van der Waals surface area (Å²) in [7, 11) is 0. The van der Waals surface area contributed by atoms with E-state index in [1.807, 2.05) is 0 Å². The van der Waals surface area contributed by atoms with Gasteiger partial charge in [0.1, 0.15) is 5.82 Å². The molecule has 8 nitrogen and oxygen atoms in total. The first-order chi connectivity index (χ1) is 16.8. The molecule has 0 heterocycles. The number of allylic oxidation sites excluding steroid dienone is 1. The van der Waals surface area contributed by atoms with Crippen LogP contribution < -0.4 is 14.8 Å². The number of carbonyl (C=O) groups excluding carboxylic acids is 1. The SMILES string of the molecule is CCOc1cc(/C=C(\C#N)c2ccc([N+](=O)[O-])cc2)cc(Br)c1OCC(=O)Nc1ccccc1F. The van der Waals surface area contributed by atoms with Crippen LogP contribution in [0.25, 0.3) is 11.6 Å². The normalized spacial score (nSPS) is 10.9. The van der Waals surface area contributed by atoms with Crippen LogP contribution in [0.2, 0.25) is 0 Å². The van der Waals surface area contributed by atoms with E-state index in [1.54, 1.807) is 31.2 Å². The number of nitro benzene ring substituents is 1. The van der Waals surface area contributed by atoms with Gasteiger partial charge in [-0.25, -0.2) is 4.39 Å². The lowest BCUT2D eigenvalue weighted by Crippen LogP contribution is -2.21. The number of nitrogens with zero attached hydrogens (tertiary/aromatic N) is 2. The number of para-hydroxylation sites is 1. The van der Waals surface area contributed by atoms with Crippen molar-refractivity contribution >= 4 is 44.9 Å². The molecule has 0 aliphatic carbocycles. The molecule has 0 radical (unpaired) electrons. The number of nitriles is 1. The third kappa shape index (κ3) is 6.65. The highest BCUT2D eigenvalue weighted by Crippen LogP contribution is 2.38. The number of non-ortho nitro benzene ring substituents is 1. The summed E-state index contributed by atoms with van der Waals surface area (Å²) in [6.45, 7) is 1.70. The van der Waals surface area contributed by atoms with Crippen molar-refractivity contribution in [3.8, 4) is 17.6 Å². The van der Waals surface area contributed by atoms with Gasteiger partial charge in [-0.15, -0.1) is 0 Å². The van der Waals surface area contributed by atoms with Crippen molar-refractivity contribution in [1.82, 2.24) is 0 Å². The maximum atomic E-state index is 13.8. The Hall–Kier alpha value is -4.23. The molecule has 0 fully saturated rings. The first kappa shape index (κ1) is 25.4. The van der Waals surface area contributed by atoms with Crippen LogP contribution in [-0.2, 0) is 4.79 Å². The quantitative estimate of drug-likeness (QED) is 0.155. The molecule has 0 aromatic heterocycles. The van der Waals surface area contributed by atoms with E-state index in [9.17, 15) is 24.6 Å². The van der Waals surface area contributed by atoms with Gasteiger partial charge < -0.3 is 14.8 Å². The number of nitro groups is 1. The molecule has 10 heteroatoms. The molecule has 3 aromatic carbocycles. The molecule has 3 aromatic rings. The Balaban J connectivity index is 1.82. The van der Waals surface area contributed by atoms with Crippen LogP contribution in [0.5, 0.6) is 11.5 Å². The fraction of sp³-hybridized carbons (Fsp3) is 0.120. The zero-order valence-electron chi connectivity index (χ0n) is 18.5. The van der Waals surface area contributed by atoms with Crippen LogP contribution in [0, 0.1) is 27.3 Å². The van der Waals surface area contributed by atoms with E-state index in [4.69, 9.17) is 9.47 Å². The monoisotopic (exact) mass is 539 g/mol. The zero-order valence-corrected chi connectivity index (χ0v) is 20.0. The summed E-state index contributed by atoms with van der Waals surface area (Å²) in [5.41, 5.74) is 1.36. The van der Waals surface area contributed by atoms with Crippen LogP contribution >= 0.6 is 15.9 Å². The fourth-order valence-electron chi connectivity index (χ4n) is 3.07. The summed E-state index contributed by atoms with van der Waals surface area (Å²) in [6, 6.07) is 16.8. The Kier molecular flexibility index (Phi) is 8.53. The number of ether oxygens (including phenoxy) is 2. The molecule has 0 spiro atoms. The van der Waals surface area contributed by atoms with Crippen LogP contribution in [0.15, 0.2) is 65.1 Å². The summed E-state index contributed by atoms with van der Waals surface area (Å²) in [4.78, 5) is 22.6. The highest BCUT2D eigenvalue weighted by molar-refractivity contribution is 9.10. The number of anilines is 1. The lowest BCUT2D eigenvalue weighted by atomic mass is 10.0. The highest BCUT2D eigenvalue weighted by Gasteiger charge is 2.15. The standard InChI is InChI=1S/C25H19BrFN3O5/c1-2-34-23-13-16(11-18(14-28)17-7-9-19(10-8-17)30(32)33)12-20(26)25(23)35-15-24(31)29-22-6-4-3-5-21(22)27/h3-13H,2,15H2,1H3,(H,29,31)/b18-11+. The van der Waals surface area contributed by atoms with E-state index in [-0.39, 0.29) is 22.7 Å². The second-order valence-electron chi connectivity index (χ2n) is 7.05. The van der Waals surface area contributed by atoms with Crippen LogP contribution in [-0.4, -0.2) is 24.0 Å². The van der Waals surface area contributed by atoms with Crippen molar-refractivity contribution in [3.05, 3.63) is 92.2 Å². The van der Waals surface area contributed by atoms with Crippen molar-refractivity contribution in [2.45, 2.75) is 6.92 Å². The van der Waals surface area contributed by atoms with Gasteiger partial charge in [0.05, 0.1) is 33.3 Å². The van der Waals surface area contributed by atoms with E-state index in [0.29, 0.717) is 28.0 Å². The predicted molar refractivity (Wildman–Crippen MR) is 132 cm³/mol. The fourth-order valence-corrected chi connectivity index (χ4v) is 3.64. The first-order valence-electron chi connectivity index (χ1n) is 10.3. The number of halogens is 2. The Morgan fingerprint density at radius 2 is 1.91 bits per heavy atom. The van der Waals surface area contributed by atoms with Crippen LogP contribution in [0.3, 0.4) is 0 Å². The molecule has 0 aliphatic heterocycles. The van der Waals surface area contributed by atoms with Crippen molar-refractivity contribution in [2.24, 2.45) is 0 Å². The number of hydrogen-bond acceptors (Lipinski definition) is 6. The number of rotatable bonds is 9. The van der Waals surface area contributed by atoms with Gasteiger partial charge in [0.2, 0.25) is 0 Å². The van der Waals surface area contributed by atoms with Gasteiger partial charge in [-0.05, 0) is 76.5 Å². The number of nitrogens with one attached hydrogen (secondary N) is 1. The molecule has 0 bridgehead atoms. The summed E-state index contributed by atoms with van der Waals surface area (Å²) in [5.74, 6) is -0.526. The minimum Gasteiger partial charge on any atom is -0.490 e. The lowest BCUT2D eigenvalue weighted by Gasteiger charge is -2.15. The largest absolute Gasteiger partial charge is 0.490 e. The third-order valence-electron chi connectivity index (χ3n) is 4.65. The van der Waals surface area contributed by atoms with Gasteiger partial charge in [0.15, 0.2) is 18.1 Å². The van der Waals surface area contributed by atoms with Crippen molar-refractivity contribution < 1.29 is 23.6 Å². The predicted octanol–water partition coefficient (Wildman–Crippen LogP) is 5.98. The molecule has 0 atom stereocenters. The molecule has 0 saturated carbocycles. The Labute approximate surface area is 208 Å². The molecule has 3 rings (SSSR count). The van der Waals surface area contributed by atoms with Gasteiger partial charge in [-0.1, -0.05) is 12.1 Å². The summed E-state index contributed by atoms with van der Waals surface area (Å²) in [6.07, 6.45) is 1.60.